The van der Waals surface area contributed by atoms with Gasteiger partial charge in [-0.15, -0.1) is 0 Å². The monoisotopic (exact) mass is 337 g/mol. The van der Waals surface area contributed by atoms with Gasteiger partial charge in [-0.05, 0) is 0 Å². The third kappa shape index (κ3) is 2.30. The molecule has 0 unspecified atom stereocenters. The number of primary amides is 1. The van der Waals surface area contributed by atoms with E-state index in [9.17, 15) is 24.9 Å². The highest BCUT2D eigenvalue weighted by Gasteiger charge is 2.44. The lowest BCUT2D eigenvalue weighted by Crippen LogP contribution is -2.34. The zero-order valence-electron chi connectivity index (χ0n) is 12.2. The van der Waals surface area contributed by atoms with Crippen molar-refractivity contribution < 1.29 is 24.9 Å². The maximum absolute atomic E-state index is 12.4. The average molecular weight is 337 g/mol. The number of nitrogens with zero attached hydrogens (tertiary/aromatic N) is 3. The minimum Gasteiger partial charge on any atom is -0.394 e. The second kappa shape index (κ2) is 5.79. The largest absolute Gasteiger partial charge is 0.394 e. The summed E-state index contributed by atoms with van der Waals surface area (Å²) in [6, 6.07) is 0. The number of hydrogen-bond donors (Lipinski definition) is 5. The molecule has 11 heteroatoms. The molecule has 1 fully saturated rings. The van der Waals surface area contributed by atoms with Crippen LogP contribution in [0.1, 0.15) is 16.6 Å². The van der Waals surface area contributed by atoms with E-state index in [0.29, 0.717) is 0 Å². The van der Waals surface area contributed by atoms with Gasteiger partial charge in [0.15, 0.2) is 11.9 Å². The predicted octanol–water partition coefficient (Wildman–Crippen LogP) is -2.92. The van der Waals surface area contributed by atoms with Crippen LogP contribution in [0.3, 0.4) is 0 Å². The van der Waals surface area contributed by atoms with Crippen molar-refractivity contribution in [2.75, 3.05) is 12.3 Å². The lowest BCUT2D eigenvalue weighted by Gasteiger charge is -2.21. The van der Waals surface area contributed by atoms with E-state index in [-0.39, 0.29) is 16.9 Å². The van der Waals surface area contributed by atoms with Gasteiger partial charge in [0.1, 0.15) is 41.4 Å². The average Bonchev–Trinajstić information content (AvgIpc) is 2.83. The number of rotatable bonds is 3. The number of nitrogen functional groups attached to an aromatic ring is 1. The van der Waals surface area contributed by atoms with Crippen molar-refractivity contribution in [2.24, 2.45) is 5.73 Å². The fraction of sp³-hybridized carbons (Fsp3) is 0.385. The lowest BCUT2D eigenvalue weighted by atomic mass is 10.1. The number of ether oxygens (including phenoxy) is 1. The van der Waals surface area contributed by atoms with Crippen molar-refractivity contribution in [1.82, 2.24) is 14.5 Å². The van der Waals surface area contributed by atoms with E-state index < -0.39 is 48.0 Å². The molecule has 0 bridgehead atoms. The number of pyridine rings is 1. The molecule has 24 heavy (non-hydrogen) atoms. The molecule has 11 nitrogen and oxygen atoms in total. The standard InChI is InChI=1S/C13H15N5O6/c14-10-6-7(20)4(11(15)23)1-18(12(6)17-3-16-10)13-9(22)8(21)5(2-19)24-13/h1,3,5,8-9,13,19,21-22H,2H2,(H2,15,23)(H2,14,16,17)/t5-,8+,9+,13-/m1/s1. The van der Waals surface area contributed by atoms with Crippen LogP contribution in [0.15, 0.2) is 17.3 Å². The Labute approximate surface area is 134 Å². The first kappa shape index (κ1) is 16.3. The van der Waals surface area contributed by atoms with Crippen LogP contribution in [0.2, 0.25) is 0 Å². The van der Waals surface area contributed by atoms with Crippen molar-refractivity contribution >= 4 is 22.8 Å². The van der Waals surface area contributed by atoms with E-state index in [1.165, 1.54) is 4.57 Å². The van der Waals surface area contributed by atoms with Crippen LogP contribution in [0.4, 0.5) is 5.82 Å². The summed E-state index contributed by atoms with van der Waals surface area (Å²) in [7, 11) is 0. The summed E-state index contributed by atoms with van der Waals surface area (Å²) in [6.45, 7) is -0.535. The summed E-state index contributed by atoms with van der Waals surface area (Å²) >= 11 is 0. The molecule has 3 rings (SSSR count). The molecular formula is C13H15N5O6. The predicted molar refractivity (Wildman–Crippen MR) is 79.7 cm³/mol. The molecule has 3 heterocycles. The third-order valence-electron chi connectivity index (χ3n) is 3.90. The highest BCUT2D eigenvalue weighted by atomic mass is 16.6. The van der Waals surface area contributed by atoms with Crippen molar-refractivity contribution in [1.29, 1.82) is 0 Å². The second-order valence-corrected chi connectivity index (χ2v) is 5.33. The first-order chi connectivity index (χ1) is 11.4. The number of aliphatic hydroxyl groups excluding tert-OH is 3. The molecule has 0 radical (unpaired) electrons. The number of aromatic nitrogens is 3. The van der Waals surface area contributed by atoms with Gasteiger partial charge >= 0.3 is 0 Å². The molecule has 4 atom stereocenters. The van der Waals surface area contributed by atoms with Gasteiger partial charge in [-0.1, -0.05) is 0 Å². The van der Waals surface area contributed by atoms with Crippen LogP contribution in [0.25, 0.3) is 11.0 Å². The van der Waals surface area contributed by atoms with E-state index in [1.54, 1.807) is 0 Å². The molecule has 0 saturated carbocycles. The number of carbonyl (C=O) groups is 1. The normalized spacial score (nSPS) is 26.8. The van der Waals surface area contributed by atoms with Gasteiger partial charge < -0.3 is 36.1 Å². The van der Waals surface area contributed by atoms with E-state index >= 15 is 0 Å². The third-order valence-corrected chi connectivity index (χ3v) is 3.90. The fourth-order valence-electron chi connectivity index (χ4n) is 2.68. The van der Waals surface area contributed by atoms with Gasteiger partial charge in [0, 0.05) is 6.20 Å². The molecule has 1 amide bonds. The molecule has 0 spiro atoms. The molecule has 2 aromatic rings. The van der Waals surface area contributed by atoms with Crippen LogP contribution < -0.4 is 16.9 Å². The van der Waals surface area contributed by atoms with Gasteiger partial charge in [0.25, 0.3) is 5.91 Å². The number of carbonyl (C=O) groups excluding carboxylic acids is 1. The van der Waals surface area contributed by atoms with Gasteiger partial charge in [-0.25, -0.2) is 9.97 Å². The topological polar surface area (TPSA) is 187 Å². The quantitative estimate of drug-likeness (QED) is 0.391. The molecule has 1 saturated heterocycles. The molecule has 0 aromatic carbocycles. The molecule has 1 aliphatic heterocycles. The molecule has 7 N–H and O–H groups in total. The van der Waals surface area contributed by atoms with Gasteiger partial charge in [0.2, 0.25) is 5.43 Å². The summed E-state index contributed by atoms with van der Waals surface area (Å²) in [5.41, 5.74) is 9.75. The van der Waals surface area contributed by atoms with Crippen molar-refractivity contribution in [3.8, 4) is 0 Å². The SMILES string of the molecule is NC(=O)c1cn([C@@H]2O[C@H](CO)[C@H](O)[C@@H]2O)c2ncnc(N)c2c1=O. The molecule has 2 aromatic heterocycles. The second-order valence-electron chi connectivity index (χ2n) is 5.33. The van der Waals surface area contributed by atoms with Crippen LogP contribution in [0, 0.1) is 0 Å². The van der Waals surface area contributed by atoms with Crippen LogP contribution in [0.5, 0.6) is 0 Å². The van der Waals surface area contributed by atoms with Crippen LogP contribution in [-0.2, 0) is 4.74 Å². The number of hydrogen-bond acceptors (Lipinski definition) is 9. The number of anilines is 1. The lowest BCUT2D eigenvalue weighted by molar-refractivity contribution is -0.0511. The summed E-state index contributed by atoms with van der Waals surface area (Å²) < 4.78 is 6.57. The summed E-state index contributed by atoms with van der Waals surface area (Å²) in [5, 5.41) is 29.1. The number of fused-ring (bicyclic) bond motifs is 1. The Morgan fingerprint density at radius 3 is 2.62 bits per heavy atom. The molecule has 1 aliphatic rings. The highest BCUT2D eigenvalue weighted by Crippen LogP contribution is 2.31. The Hall–Kier alpha value is -2.60. The van der Waals surface area contributed by atoms with Crippen molar-refractivity contribution in [3.05, 3.63) is 28.3 Å². The van der Waals surface area contributed by atoms with E-state index in [1.807, 2.05) is 0 Å². The molecule has 0 aliphatic carbocycles. The van der Waals surface area contributed by atoms with E-state index in [4.69, 9.17) is 16.2 Å². The number of nitrogens with two attached hydrogens (primary N) is 2. The maximum atomic E-state index is 12.4. The smallest absolute Gasteiger partial charge is 0.254 e. The Kier molecular flexibility index (Phi) is 3.93. The summed E-state index contributed by atoms with van der Waals surface area (Å²) in [5.74, 6) is -1.18. The Balaban J connectivity index is 2.29. The molecule has 128 valence electrons. The minimum absolute atomic E-state index is 0.00709. The number of aliphatic hydroxyl groups is 3. The molecular weight excluding hydrogens is 322 g/mol. The van der Waals surface area contributed by atoms with Crippen molar-refractivity contribution in [2.45, 2.75) is 24.5 Å². The first-order valence-corrected chi connectivity index (χ1v) is 6.94. The minimum atomic E-state index is -1.44. The zero-order valence-corrected chi connectivity index (χ0v) is 12.2. The first-order valence-electron chi connectivity index (χ1n) is 6.94. The summed E-state index contributed by atoms with van der Waals surface area (Å²) in [4.78, 5) is 31.6. The number of amides is 1. The van der Waals surface area contributed by atoms with Crippen molar-refractivity contribution in [3.63, 3.8) is 0 Å². The fourth-order valence-corrected chi connectivity index (χ4v) is 2.68. The Morgan fingerprint density at radius 2 is 2.04 bits per heavy atom. The van der Waals surface area contributed by atoms with E-state index in [0.717, 1.165) is 12.5 Å². The van der Waals surface area contributed by atoms with Crippen LogP contribution >= 0.6 is 0 Å². The highest BCUT2D eigenvalue weighted by molar-refractivity contribution is 5.97. The Morgan fingerprint density at radius 1 is 1.33 bits per heavy atom. The maximum Gasteiger partial charge on any atom is 0.254 e. The van der Waals surface area contributed by atoms with Gasteiger partial charge in [-0.3, -0.25) is 9.59 Å². The van der Waals surface area contributed by atoms with Gasteiger partial charge in [0.05, 0.1) is 6.61 Å². The summed E-state index contributed by atoms with van der Waals surface area (Å²) in [6.07, 6.45) is -2.91. The Bertz CT molecular complexity index is 868. The van der Waals surface area contributed by atoms with Crippen LogP contribution in [-0.4, -0.2) is 60.7 Å². The van der Waals surface area contributed by atoms with E-state index in [2.05, 4.69) is 9.97 Å². The zero-order chi connectivity index (χ0) is 17.6. The van der Waals surface area contributed by atoms with Gasteiger partial charge in [-0.2, -0.15) is 0 Å².